The zero-order valence-corrected chi connectivity index (χ0v) is 11.0. The number of nitrogens with one attached hydrogen (secondary N) is 1. The number of anilines is 1. The van der Waals surface area contributed by atoms with Crippen molar-refractivity contribution >= 4 is 22.9 Å². The second kappa shape index (κ2) is 5.77. The van der Waals surface area contributed by atoms with Crippen LogP contribution in [0.4, 0.5) is 10.1 Å². The van der Waals surface area contributed by atoms with Gasteiger partial charge in [0, 0.05) is 23.7 Å². The van der Waals surface area contributed by atoms with Crippen molar-refractivity contribution in [1.29, 1.82) is 0 Å². The molecule has 0 aliphatic heterocycles. The van der Waals surface area contributed by atoms with Gasteiger partial charge in [0.25, 0.3) is 5.91 Å². The number of hydrogen-bond donors (Lipinski definition) is 2. The second-order valence-electron chi connectivity index (χ2n) is 3.63. The SMILES string of the molecule is COc1cc(NC(=O)c2csc(CN)n2)ccc1F. The molecule has 2 aromatic rings. The van der Waals surface area contributed by atoms with Crippen LogP contribution in [0.2, 0.25) is 0 Å². The van der Waals surface area contributed by atoms with Gasteiger partial charge in [0.15, 0.2) is 11.6 Å². The van der Waals surface area contributed by atoms with Gasteiger partial charge in [-0.05, 0) is 12.1 Å². The van der Waals surface area contributed by atoms with Crippen molar-refractivity contribution in [2.24, 2.45) is 5.73 Å². The molecule has 0 unspecified atom stereocenters. The number of nitrogens with two attached hydrogens (primary N) is 1. The van der Waals surface area contributed by atoms with Crippen LogP contribution in [0.5, 0.6) is 5.75 Å². The number of aromatic nitrogens is 1. The van der Waals surface area contributed by atoms with E-state index in [1.807, 2.05) is 0 Å². The zero-order chi connectivity index (χ0) is 13.8. The lowest BCUT2D eigenvalue weighted by atomic mass is 10.3. The number of benzene rings is 1. The van der Waals surface area contributed by atoms with E-state index >= 15 is 0 Å². The van der Waals surface area contributed by atoms with E-state index in [0.29, 0.717) is 17.2 Å². The van der Waals surface area contributed by atoms with Crippen molar-refractivity contribution in [3.05, 3.63) is 40.1 Å². The van der Waals surface area contributed by atoms with Crippen molar-refractivity contribution in [1.82, 2.24) is 4.98 Å². The largest absolute Gasteiger partial charge is 0.494 e. The maximum atomic E-state index is 13.2. The Morgan fingerprint density at radius 3 is 3.00 bits per heavy atom. The number of ether oxygens (including phenoxy) is 1. The molecule has 0 atom stereocenters. The summed E-state index contributed by atoms with van der Waals surface area (Å²) in [6.45, 7) is 0.294. The minimum Gasteiger partial charge on any atom is -0.494 e. The first kappa shape index (κ1) is 13.4. The van der Waals surface area contributed by atoms with E-state index in [1.54, 1.807) is 5.38 Å². The fourth-order valence-corrected chi connectivity index (χ4v) is 2.10. The molecule has 0 bridgehead atoms. The number of carbonyl (C=O) groups is 1. The van der Waals surface area contributed by atoms with Gasteiger partial charge in [0.1, 0.15) is 10.7 Å². The van der Waals surface area contributed by atoms with Gasteiger partial charge >= 0.3 is 0 Å². The van der Waals surface area contributed by atoms with Gasteiger partial charge in [-0.15, -0.1) is 11.3 Å². The molecule has 19 heavy (non-hydrogen) atoms. The van der Waals surface area contributed by atoms with Crippen LogP contribution in [-0.4, -0.2) is 18.0 Å². The summed E-state index contributed by atoms with van der Waals surface area (Å²) in [6.07, 6.45) is 0. The van der Waals surface area contributed by atoms with Crippen molar-refractivity contribution in [3.63, 3.8) is 0 Å². The summed E-state index contributed by atoms with van der Waals surface area (Å²) in [7, 11) is 1.36. The number of carbonyl (C=O) groups excluding carboxylic acids is 1. The number of amides is 1. The summed E-state index contributed by atoms with van der Waals surface area (Å²) in [5.74, 6) is -0.789. The van der Waals surface area contributed by atoms with Crippen LogP contribution in [0.25, 0.3) is 0 Å². The monoisotopic (exact) mass is 281 g/mol. The Bertz CT molecular complexity index is 600. The minimum absolute atomic E-state index is 0.0683. The van der Waals surface area contributed by atoms with Gasteiger partial charge in [-0.1, -0.05) is 0 Å². The summed E-state index contributed by atoms with van der Waals surface area (Å²) in [6, 6.07) is 4.08. The molecule has 1 heterocycles. The van der Waals surface area contributed by atoms with E-state index in [9.17, 15) is 9.18 Å². The molecule has 5 nitrogen and oxygen atoms in total. The molecule has 3 N–H and O–H groups in total. The van der Waals surface area contributed by atoms with Gasteiger partial charge in [-0.25, -0.2) is 9.37 Å². The maximum Gasteiger partial charge on any atom is 0.275 e. The number of methoxy groups -OCH3 is 1. The Morgan fingerprint density at radius 1 is 1.58 bits per heavy atom. The predicted molar refractivity (Wildman–Crippen MR) is 70.9 cm³/mol. The van der Waals surface area contributed by atoms with Crippen LogP contribution in [0.3, 0.4) is 0 Å². The van der Waals surface area contributed by atoms with E-state index in [1.165, 1.54) is 36.6 Å². The lowest BCUT2D eigenvalue weighted by Crippen LogP contribution is -2.12. The van der Waals surface area contributed by atoms with Crippen LogP contribution in [-0.2, 0) is 6.54 Å². The molecule has 1 aromatic heterocycles. The topological polar surface area (TPSA) is 77.2 Å². The molecule has 1 aromatic carbocycles. The molecule has 0 aliphatic rings. The number of thiazole rings is 1. The van der Waals surface area contributed by atoms with Crippen LogP contribution >= 0.6 is 11.3 Å². The highest BCUT2D eigenvalue weighted by Gasteiger charge is 2.11. The summed E-state index contributed by atoms with van der Waals surface area (Å²) >= 11 is 1.32. The number of nitrogens with zero attached hydrogens (tertiary/aromatic N) is 1. The summed E-state index contributed by atoms with van der Waals surface area (Å²) in [5.41, 5.74) is 6.15. The van der Waals surface area contributed by atoms with E-state index < -0.39 is 5.82 Å². The lowest BCUT2D eigenvalue weighted by Gasteiger charge is -2.06. The summed E-state index contributed by atoms with van der Waals surface area (Å²) in [4.78, 5) is 15.9. The average Bonchev–Trinajstić information content (AvgIpc) is 2.90. The van der Waals surface area contributed by atoms with E-state index in [-0.39, 0.29) is 17.4 Å². The molecular weight excluding hydrogens is 269 g/mol. The van der Waals surface area contributed by atoms with Crippen LogP contribution in [0.15, 0.2) is 23.6 Å². The van der Waals surface area contributed by atoms with Crippen molar-refractivity contribution < 1.29 is 13.9 Å². The summed E-state index contributed by atoms with van der Waals surface area (Å²) < 4.78 is 18.1. The summed E-state index contributed by atoms with van der Waals surface area (Å²) in [5, 5.41) is 4.92. The predicted octanol–water partition coefficient (Wildman–Crippen LogP) is 2.00. The first-order valence-corrected chi connectivity index (χ1v) is 6.31. The number of rotatable bonds is 4. The van der Waals surface area contributed by atoms with E-state index in [0.717, 1.165) is 0 Å². The van der Waals surface area contributed by atoms with Crippen LogP contribution in [0.1, 0.15) is 15.5 Å². The Labute approximate surface area is 113 Å². The molecule has 0 saturated carbocycles. The number of halogens is 1. The molecule has 100 valence electrons. The quantitative estimate of drug-likeness (QED) is 0.898. The van der Waals surface area contributed by atoms with Gasteiger partial charge in [0.05, 0.1) is 7.11 Å². The molecular formula is C12H12FN3O2S. The maximum absolute atomic E-state index is 13.2. The molecule has 0 spiro atoms. The highest BCUT2D eigenvalue weighted by Crippen LogP contribution is 2.22. The molecule has 0 aliphatic carbocycles. The standard InChI is InChI=1S/C12H12FN3O2S/c1-18-10-4-7(2-3-8(10)13)15-12(17)9-6-19-11(5-14)16-9/h2-4,6H,5,14H2,1H3,(H,15,17). The first-order chi connectivity index (χ1) is 9.13. The molecule has 0 fully saturated rings. The van der Waals surface area contributed by atoms with Crippen molar-refractivity contribution in [2.45, 2.75) is 6.54 Å². The van der Waals surface area contributed by atoms with Crippen molar-refractivity contribution in [2.75, 3.05) is 12.4 Å². The van der Waals surface area contributed by atoms with Gasteiger partial charge in [-0.2, -0.15) is 0 Å². The highest BCUT2D eigenvalue weighted by molar-refractivity contribution is 7.09. The zero-order valence-electron chi connectivity index (χ0n) is 10.1. The Kier molecular flexibility index (Phi) is 4.08. The smallest absolute Gasteiger partial charge is 0.275 e. The van der Waals surface area contributed by atoms with E-state index in [4.69, 9.17) is 10.5 Å². The van der Waals surface area contributed by atoms with Gasteiger partial charge in [-0.3, -0.25) is 4.79 Å². The third kappa shape index (κ3) is 3.07. The third-order valence-electron chi connectivity index (χ3n) is 2.37. The van der Waals surface area contributed by atoms with Gasteiger partial charge < -0.3 is 15.8 Å². The lowest BCUT2D eigenvalue weighted by molar-refractivity contribution is 0.102. The Hall–Kier alpha value is -1.99. The average molecular weight is 281 g/mol. The Balaban J connectivity index is 2.14. The minimum atomic E-state index is -0.487. The molecule has 2 rings (SSSR count). The van der Waals surface area contributed by atoms with E-state index in [2.05, 4.69) is 10.3 Å². The molecule has 0 saturated heterocycles. The Morgan fingerprint density at radius 2 is 2.37 bits per heavy atom. The molecule has 7 heteroatoms. The highest BCUT2D eigenvalue weighted by atomic mass is 32.1. The van der Waals surface area contributed by atoms with Crippen LogP contribution < -0.4 is 15.8 Å². The fourth-order valence-electron chi connectivity index (χ4n) is 1.44. The fraction of sp³-hybridized carbons (Fsp3) is 0.167. The second-order valence-corrected chi connectivity index (χ2v) is 4.58. The van der Waals surface area contributed by atoms with Gasteiger partial charge in [0.2, 0.25) is 0 Å². The molecule has 0 radical (unpaired) electrons. The normalized spacial score (nSPS) is 10.3. The molecule has 1 amide bonds. The number of hydrogen-bond acceptors (Lipinski definition) is 5. The van der Waals surface area contributed by atoms with Crippen LogP contribution in [0, 0.1) is 5.82 Å². The van der Waals surface area contributed by atoms with Crippen molar-refractivity contribution in [3.8, 4) is 5.75 Å². The first-order valence-electron chi connectivity index (χ1n) is 5.43. The third-order valence-corrected chi connectivity index (χ3v) is 3.24.